The molecule has 0 fully saturated rings. The molecular formula is C15H26N2O2. The molecule has 0 saturated carbocycles. The summed E-state index contributed by atoms with van der Waals surface area (Å²) in [6, 6.07) is 5.61. The average Bonchev–Trinajstić information content (AvgIpc) is 2.44. The molecule has 0 atom stereocenters. The summed E-state index contributed by atoms with van der Waals surface area (Å²) in [5.74, 6) is 0.698. The van der Waals surface area contributed by atoms with E-state index in [1.54, 1.807) is 0 Å². The van der Waals surface area contributed by atoms with Crippen LogP contribution in [0.5, 0.6) is 5.75 Å². The lowest BCUT2D eigenvalue weighted by atomic mass is 9.97. The van der Waals surface area contributed by atoms with E-state index in [0.717, 1.165) is 24.9 Å². The Morgan fingerprint density at radius 3 is 2.53 bits per heavy atom. The number of nitrogen functional groups attached to an aromatic ring is 1. The van der Waals surface area contributed by atoms with Gasteiger partial charge in [-0.2, -0.15) is 0 Å². The third kappa shape index (κ3) is 4.63. The van der Waals surface area contributed by atoms with Gasteiger partial charge in [-0.3, -0.25) is 0 Å². The Kier molecular flexibility index (Phi) is 5.96. The first-order chi connectivity index (χ1) is 9.04. The second-order valence-electron chi connectivity index (χ2n) is 4.89. The molecule has 0 aliphatic rings. The van der Waals surface area contributed by atoms with Gasteiger partial charge in [-0.15, -0.1) is 0 Å². The maximum atomic E-state index is 10.2. The van der Waals surface area contributed by atoms with E-state index in [2.05, 4.69) is 12.2 Å². The Labute approximate surface area is 116 Å². The first-order valence-electron chi connectivity index (χ1n) is 7.03. The zero-order chi connectivity index (χ0) is 14.3. The van der Waals surface area contributed by atoms with Crippen molar-refractivity contribution in [3.63, 3.8) is 0 Å². The zero-order valence-corrected chi connectivity index (χ0v) is 12.2. The Bertz CT molecular complexity index is 390. The first kappa shape index (κ1) is 15.6. The van der Waals surface area contributed by atoms with Crippen LogP contribution in [0.2, 0.25) is 0 Å². The fourth-order valence-electron chi connectivity index (χ4n) is 1.75. The van der Waals surface area contributed by atoms with Crippen molar-refractivity contribution >= 4 is 11.4 Å². The number of benzene rings is 1. The largest absolute Gasteiger partial charge is 0.491 e. The number of rotatable bonds is 8. The van der Waals surface area contributed by atoms with Crippen LogP contribution < -0.4 is 15.8 Å². The molecule has 1 rings (SSSR count). The first-order valence-corrected chi connectivity index (χ1v) is 7.03. The molecule has 0 unspecified atom stereocenters. The summed E-state index contributed by atoms with van der Waals surface area (Å²) in [5.41, 5.74) is 6.76. The van der Waals surface area contributed by atoms with Crippen LogP contribution in [0.1, 0.15) is 40.0 Å². The predicted octanol–water partition coefficient (Wildman–Crippen LogP) is 3.02. The lowest BCUT2D eigenvalue weighted by Crippen LogP contribution is -2.35. The van der Waals surface area contributed by atoms with Gasteiger partial charge in [0.15, 0.2) is 0 Å². The molecule has 0 saturated heterocycles. The normalized spacial score (nSPS) is 11.4. The van der Waals surface area contributed by atoms with Crippen molar-refractivity contribution in [3.8, 4) is 5.75 Å². The third-order valence-electron chi connectivity index (χ3n) is 3.41. The molecule has 0 heterocycles. The zero-order valence-electron chi connectivity index (χ0n) is 12.2. The van der Waals surface area contributed by atoms with E-state index in [1.165, 1.54) is 0 Å². The predicted molar refractivity (Wildman–Crippen MR) is 80.7 cm³/mol. The molecule has 0 bridgehead atoms. The fourth-order valence-corrected chi connectivity index (χ4v) is 1.75. The molecule has 0 aliphatic carbocycles. The molecule has 0 aliphatic heterocycles. The number of anilines is 2. The van der Waals surface area contributed by atoms with Gasteiger partial charge in [0, 0.05) is 18.3 Å². The molecule has 1 aromatic carbocycles. The molecule has 19 heavy (non-hydrogen) atoms. The molecule has 4 heteroatoms. The standard InChI is InChI=1S/C15H26N2O2/c1-4-9-19-14-10-12(7-8-13(14)16)17-11-15(18,5-2)6-3/h7-8,10,17-18H,4-6,9,11,16H2,1-3H3. The minimum atomic E-state index is -0.661. The highest BCUT2D eigenvalue weighted by molar-refractivity contribution is 5.61. The van der Waals surface area contributed by atoms with Gasteiger partial charge in [0.2, 0.25) is 0 Å². The van der Waals surface area contributed by atoms with Crippen LogP contribution in [0.15, 0.2) is 18.2 Å². The Balaban J connectivity index is 2.68. The van der Waals surface area contributed by atoms with Crippen LogP contribution in [0.3, 0.4) is 0 Å². The van der Waals surface area contributed by atoms with Crippen LogP contribution >= 0.6 is 0 Å². The lowest BCUT2D eigenvalue weighted by molar-refractivity contribution is 0.0457. The van der Waals surface area contributed by atoms with Crippen molar-refractivity contribution in [1.82, 2.24) is 0 Å². The summed E-state index contributed by atoms with van der Waals surface area (Å²) in [7, 11) is 0. The van der Waals surface area contributed by atoms with Gasteiger partial charge >= 0.3 is 0 Å². The quantitative estimate of drug-likeness (QED) is 0.633. The van der Waals surface area contributed by atoms with Crippen LogP contribution in [0.25, 0.3) is 0 Å². The highest BCUT2D eigenvalue weighted by Crippen LogP contribution is 2.26. The summed E-state index contributed by atoms with van der Waals surface area (Å²) in [6.45, 7) is 7.22. The van der Waals surface area contributed by atoms with Crippen LogP contribution in [-0.2, 0) is 0 Å². The monoisotopic (exact) mass is 266 g/mol. The van der Waals surface area contributed by atoms with Crippen molar-refractivity contribution in [3.05, 3.63) is 18.2 Å². The van der Waals surface area contributed by atoms with E-state index in [4.69, 9.17) is 10.5 Å². The van der Waals surface area contributed by atoms with E-state index in [9.17, 15) is 5.11 Å². The van der Waals surface area contributed by atoms with Gasteiger partial charge in [0.25, 0.3) is 0 Å². The van der Waals surface area contributed by atoms with Crippen molar-refractivity contribution in [2.75, 3.05) is 24.2 Å². The van der Waals surface area contributed by atoms with E-state index in [0.29, 0.717) is 24.6 Å². The fraction of sp³-hybridized carbons (Fsp3) is 0.600. The number of nitrogens with two attached hydrogens (primary N) is 1. The minimum Gasteiger partial charge on any atom is -0.491 e. The molecule has 108 valence electrons. The third-order valence-corrected chi connectivity index (χ3v) is 3.41. The summed E-state index contributed by atoms with van der Waals surface area (Å²) in [5, 5.41) is 13.5. The van der Waals surface area contributed by atoms with Gasteiger partial charge in [-0.05, 0) is 31.4 Å². The smallest absolute Gasteiger partial charge is 0.144 e. The molecule has 0 aromatic heterocycles. The SMILES string of the molecule is CCCOc1cc(NCC(O)(CC)CC)ccc1N. The molecule has 0 spiro atoms. The van der Waals surface area contributed by atoms with Gasteiger partial charge in [-0.25, -0.2) is 0 Å². The van der Waals surface area contributed by atoms with E-state index < -0.39 is 5.60 Å². The molecule has 1 aromatic rings. The van der Waals surface area contributed by atoms with Crippen LogP contribution in [0.4, 0.5) is 11.4 Å². The molecule has 0 amide bonds. The number of hydrogen-bond donors (Lipinski definition) is 3. The molecule has 4 N–H and O–H groups in total. The average molecular weight is 266 g/mol. The van der Waals surface area contributed by atoms with Crippen LogP contribution in [0, 0.1) is 0 Å². The Morgan fingerprint density at radius 2 is 1.95 bits per heavy atom. The van der Waals surface area contributed by atoms with Crippen LogP contribution in [-0.4, -0.2) is 23.9 Å². The van der Waals surface area contributed by atoms with Gasteiger partial charge < -0.3 is 20.9 Å². The van der Waals surface area contributed by atoms with Crippen molar-refractivity contribution in [1.29, 1.82) is 0 Å². The number of ether oxygens (including phenoxy) is 1. The minimum absolute atomic E-state index is 0.525. The second kappa shape index (κ2) is 7.24. The summed E-state index contributed by atoms with van der Waals surface area (Å²) < 4.78 is 5.58. The van der Waals surface area contributed by atoms with E-state index >= 15 is 0 Å². The summed E-state index contributed by atoms with van der Waals surface area (Å²) >= 11 is 0. The van der Waals surface area contributed by atoms with Gasteiger partial charge in [0.1, 0.15) is 5.75 Å². The summed E-state index contributed by atoms with van der Waals surface area (Å²) in [6.07, 6.45) is 2.40. The summed E-state index contributed by atoms with van der Waals surface area (Å²) in [4.78, 5) is 0. The van der Waals surface area contributed by atoms with Crippen molar-refractivity contribution < 1.29 is 9.84 Å². The van der Waals surface area contributed by atoms with E-state index in [-0.39, 0.29) is 0 Å². The highest BCUT2D eigenvalue weighted by atomic mass is 16.5. The Morgan fingerprint density at radius 1 is 1.26 bits per heavy atom. The van der Waals surface area contributed by atoms with Crippen molar-refractivity contribution in [2.45, 2.75) is 45.6 Å². The molecule has 0 radical (unpaired) electrons. The number of nitrogens with one attached hydrogen (secondary N) is 1. The molecular weight excluding hydrogens is 240 g/mol. The van der Waals surface area contributed by atoms with Crippen molar-refractivity contribution in [2.24, 2.45) is 0 Å². The van der Waals surface area contributed by atoms with E-state index in [1.807, 2.05) is 32.0 Å². The maximum Gasteiger partial charge on any atom is 0.144 e. The maximum absolute atomic E-state index is 10.2. The number of aliphatic hydroxyl groups is 1. The topological polar surface area (TPSA) is 67.5 Å². The number of hydrogen-bond acceptors (Lipinski definition) is 4. The highest BCUT2D eigenvalue weighted by Gasteiger charge is 2.21. The second-order valence-corrected chi connectivity index (χ2v) is 4.89. The Hall–Kier alpha value is -1.42. The van der Waals surface area contributed by atoms with Gasteiger partial charge in [0.05, 0.1) is 17.9 Å². The molecule has 4 nitrogen and oxygen atoms in total. The lowest BCUT2D eigenvalue weighted by Gasteiger charge is -2.26. The van der Waals surface area contributed by atoms with Gasteiger partial charge in [-0.1, -0.05) is 20.8 Å².